The summed E-state index contributed by atoms with van der Waals surface area (Å²) in [5.41, 5.74) is 0.621. The number of carboxylic acid groups (broad SMARTS) is 1. The van der Waals surface area contributed by atoms with Gasteiger partial charge >= 0.3 is 12.1 Å². The van der Waals surface area contributed by atoms with Crippen molar-refractivity contribution in [2.24, 2.45) is 7.05 Å². The van der Waals surface area contributed by atoms with Gasteiger partial charge in [-0.1, -0.05) is 12.1 Å². The first-order chi connectivity index (χ1) is 9.77. The van der Waals surface area contributed by atoms with Gasteiger partial charge in [0.25, 0.3) is 0 Å². The first kappa shape index (κ1) is 15.1. The molecule has 0 atom stereocenters. The topological polar surface area (TPSA) is 55.1 Å². The molecule has 0 bridgehead atoms. The lowest BCUT2D eigenvalue weighted by molar-refractivity contribution is -0.138. The quantitative estimate of drug-likeness (QED) is 0.943. The van der Waals surface area contributed by atoms with E-state index in [0.29, 0.717) is 16.8 Å². The molecule has 2 aromatic rings. The fourth-order valence-electron chi connectivity index (χ4n) is 2.05. The lowest BCUT2D eigenvalue weighted by Crippen LogP contribution is -2.04. The molecule has 2 rings (SSSR count). The van der Waals surface area contributed by atoms with Gasteiger partial charge in [-0.15, -0.1) is 0 Å². The Morgan fingerprint density at radius 2 is 2.10 bits per heavy atom. The molecule has 112 valence electrons. The molecule has 0 unspecified atom stereocenters. The summed E-state index contributed by atoms with van der Waals surface area (Å²) in [6.45, 7) is 0. The lowest BCUT2D eigenvalue weighted by Gasteiger charge is -2.08. The monoisotopic (exact) mass is 298 g/mol. The molecule has 1 aromatic carbocycles. The molecular formula is C14H13F3N2O2. The van der Waals surface area contributed by atoms with Crippen molar-refractivity contribution in [3.8, 4) is 11.1 Å². The molecule has 0 saturated heterocycles. The molecule has 0 aliphatic rings. The molecule has 7 heteroatoms. The Labute approximate surface area is 118 Å². The zero-order valence-electron chi connectivity index (χ0n) is 11.2. The molecule has 1 aromatic heterocycles. The Bertz CT molecular complexity index is 662. The van der Waals surface area contributed by atoms with Crippen molar-refractivity contribution >= 4 is 5.97 Å². The van der Waals surface area contributed by atoms with Crippen molar-refractivity contribution in [3.05, 3.63) is 41.7 Å². The summed E-state index contributed by atoms with van der Waals surface area (Å²) in [6, 6.07) is 4.92. The fraction of sp³-hybridized carbons (Fsp3) is 0.286. The second kappa shape index (κ2) is 5.59. The molecule has 0 spiro atoms. The number of hydrogen-bond donors (Lipinski definition) is 1. The Hall–Kier alpha value is -2.31. The SMILES string of the molecule is Cn1cc(-c2cccc(C(F)(F)F)c2)c(CCC(=O)O)n1. The van der Waals surface area contributed by atoms with Gasteiger partial charge in [-0.05, 0) is 17.7 Å². The zero-order valence-corrected chi connectivity index (χ0v) is 11.2. The van der Waals surface area contributed by atoms with Crippen LogP contribution in [0.1, 0.15) is 17.7 Å². The minimum atomic E-state index is -4.42. The van der Waals surface area contributed by atoms with Crippen molar-refractivity contribution in [2.45, 2.75) is 19.0 Å². The van der Waals surface area contributed by atoms with Crippen molar-refractivity contribution in [2.75, 3.05) is 0 Å². The van der Waals surface area contributed by atoms with E-state index in [1.807, 2.05) is 0 Å². The highest BCUT2D eigenvalue weighted by Crippen LogP contribution is 2.33. The third-order valence-electron chi connectivity index (χ3n) is 2.98. The number of aryl methyl sites for hydroxylation is 2. The zero-order chi connectivity index (χ0) is 15.6. The summed E-state index contributed by atoms with van der Waals surface area (Å²) < 4.78 is 39.7. The number of carboxylic acids is 1. The van der Waals surface area contributed by atoms with Gasteiger partial charge in [-0.25, -0.2) is 0 Å². The Balaban J connectivity index is 2.40. The van der Waals surface area contributed by atoms with Gasteiger partial charge in [-0.2, -0.15) is 18.3 Å². The first-order valence-corrected chi connectivity index (χ1v) is 6.19. The molecule has 0 aliphatic carbocycles. The Morgan fingerprint density at radius 3 is 2.71 bits per heavy atom. The highest BCUT2D eigenvalue weighted by molar-refractivity contribution is 5.69. The number of benzene rings is 1. The fourth-order valence-corrected chi connectivity index (χ4v) is 2.05. The summed E-state index contributed by atoms with van der Waals surface area (Å²) in [6.07, 6.45) is -2.78. The molecule has 0 radical (unpaired) electrons. The van der Waals surface area contributed by atoms with Crippen molar-refractivity contribution in [3.63, 3.8) is 0 Å². The largest absolute Gasteiger partial charge is 0.481 e. The second-order valence-corrected chi connectivity index (χ2v) is 4.64. The third-order valence-corrected chi connectivity index (χ3v) is 2.98. The number of alkyl halides is 3. The predicted molar refractivity (Wildman–Crippen MR) is 69.6 cm³/mol. The Morgan fingerprint density at radius 1 is 1.38 bits per heavy atom. The average Bonchev–Trinajstić information content (AvgIpc) is 2.77. The van der Waals surface area contributed by atoms with Gasteiger partial charge in [0.15, 0.2) is 0 Å². The summed E-state index contributed by atoms with van der Waals surface area (Å²) >= 11 is 0. The summed E-state index contributed by atoms with van der Waals surface area (Å²) in [5, 5.41) is 12.8. The van der Waals surface area contributed by atoms with E-state index in [2.05, 4.69) is 5.10 Å². The van der Waals surface area contributed by atoms with E-state index < -0.39 is 17.7 Å². The van der Waals surface area contributed by atoms with Gasteiger partial charge in [0, 0.05) is 25.2 Å². The maximum absolute atomic E-state index is 12.7. The van der Waals surface area contributed by atoms with Crippen LogP contribution in [0.4, 0.5) is 13.2 Å². The van der Waals surface area contributed by atoms with Crippen LogP contribution in [0.5, 0.6) is 0 Å². The molecule has 0 fully saturated rings. The molecule has 0 amide bonds. The summed E-state index contributed by atoms with van der Waals surface area (Å²) in [5.74, 6) is -0.976. The van der Waals surface area contributed by atoms with Crippen molar-refractivity contribution < 1.29 is 23.1 Å². The van der Waals surface area contributed by atoms with Gasteiger partial charge in [-0.3, -0.25) is 9.48 Å². The van der Waals surface area contributed by atoms with Crippen LogP contribution < -0.4 is 0 Å². The molecule has 0 aliphatic heterocycles. The molecular weight excluding hydrogens is 285 g/mol. The standard InChI is InChI=1S/C14H13F3N2O2/c1-19-8-11(12(18-19)5-6-13(20)21)9-3-2-4-10(7-9)14(15,16)17/h2-4,7-8H,5-6H2,1H3,(H,20,21). The number of nitrogens with zero attached hydrogens (tertiary/aromatic N) is 2. The Kier molecular flexibility index (Phi) is 4.02. The van der Waals surface area contributed by atoms with Crippen LogP contribution in [0.3, 0.4) is 0 Å². The maximum Gasteiger partial charge on any atom is 0.416 e. The van der Waals surface area contributed by atoms with Crippen molar-refractivity contribution in [1.29, 1.82) is 0 Å². The first-order valence-electron chi connectivity index (χ1n) is 6.19. The minimum Gasteiger partial charge on any atom is -0.481 e. The van der Waals surface area contributed by atoms with Gasteiger partial charge < -0.3 is 5.11 Å². The number of rotatable bonds is 4. The third kappa shape index (κ3) is 3.62. The smallest absolute Gasteiger partial charge is 0.416 e. The predicted octanol–water partition coefficient (Wildman–Crippen LogP) is 3.12. The van der Waals surface area contributed by atoms with Gasteiger partial charge in [0.1, 0.15) is 0 Å². The van der Waals surface area contributed by atoms with E-state index in [9.17, 15) is 18.0 Å². The molecule has 21 heavy (non-hydrogen) atoms. The molecule has 1 N–H and O–H groups in total. The van der Waals surface area contributed by atoms with E-state index in [4.69, 9.17) is 5.11 Å². The van der Waals surface area contributed by atoms with Gasteiger partial charge in [0.05, 0.1) is 17.7 Å². The summed E-state index contributed by atoms with van der Waals surface area (Å²) in [4.78, 5) is 10.6. The minimum absolute atomic E-state index is 0.122. The number of aromatic nitrogens is 2. The van der Waals surface area contributed by atoms with Crippen LogP contribution in [-0.4, -0.2) is 20.9 Å². The van der Waals surface area contributed by atoms with E-state index in [-0.39, 0.29) is 12.8 Å². The van der Waals surface area contributed by atoms with Gasteiger partial charge in [0.2, 0.25) is 0 Å². The van der Waals surface area contributed by atoms with Crippen LogP contribution in [0.2, 0.25) is 0 Å². The van der Waals surface area contributed by atoms with Crippen LogP contribution in [0.15, 0.2) is 30.5 Å². The molecule has 4 nitrogen and oxygen atoms in total. The van der Waals surface area contributed by atoms with Crippen molar-refractivity contribution in [1.82, 2.24) is 9.78 Å². The highest BCUT2D eigenvalue weighted by Gasteiger charge is 2.30. The lowest BCUT2D eigenvalue weighted by atomic mass is 10.0. The van der Waals surface area contributed by atoms with E-state index in [0.717, 1.165) is 12.1 Å². The van der Waals surface area contributed by atoms with E-state index in [1.165, 1.54) is 10.7 Å². The van der Waals surface area contributed by atoms with Crippen LogP contribution >= 0.6 is 0 Å². The number of halogens is 3. The normalized spacial score (nSPS) is 11.6. The van der Waals surface area contributed by atoms with Crippen LogP contribution in [0, 0.1) is 0 Å². The number of aliphatic carboxylic acids is 1. The molecule has 1 heterocycles. The second-order valence-electron chi connectivity index (χ2n) is 4.64. The number of hydrogen-bond acceptors (Lipinski definition) is 2. The van der Waals surface area contributed by atoms with Crippen LogP contribution in [-0.2, 0) is 24.4 Å². The average molecular weight is 298 g/mol. The van der Waals surface area contributed by atoms with E-state index in [1.54, 1.807) is 19.3 Å². The maximum atomic E-state index is 12.7. The highest BCUT2D eigenvalue weighted by atomic mass is 19.4. The molecule has 0 saturated carbocycles. The number of carbonyl (C=O) groups is 1. The van der Waals surface area contributed by atoms with E-state index >= 15 is 0 Å². The van der Waals surface area contributed by atoms with Crippen LogP contribution in [0.25, 0.3) is 11.1 Å². The summed E-state index contributed by atoms with van der Waals surface area (Å²) in [7, 11) is 1.64.